The molecule has 1 heterocycles. The molecule has 1 aliphatic carbocycles. The van der Waals surface area contributed by atoms with Gasteiger partial charge < -0.3 is 10.6 Å². The van der Waals surface area contributed by atoms with Gasteiger partial charge >= 0.3 is 0 Å². The summed E-state index contributed by atoms with van der Waals surface area (Å²) in [7, 11) is 1.81. The van der Waals surface area contributed by atoms with Crippen LogP contribution in [0.25, 0.3) is 0 Å². The largest absolute Gasteiger partial charge is 0.363 e. The van der Waals surface area contributed by atoms with Crippen LogP contribution in [0.4, 0.5) is 5.13 Å². The Hall–Kier alpha value is -0.820. The number of hydrogen-bond donors (Lipinski definition) is 2. The number of nitrogens with one attached hydrogen (secondary N) is 2. The Morgan fingerprint density at radius 3 is 2.78 bits per heavy atom. The second-order valence-electron chi connectivity index (χ2n) is 4.37. The fourth-order valence-electron chi connectivity index (χ4n) is 1.95. The molecule has 2 rings (SSSR count). The Balaban J connectivity index is 1.82. The number of carbonyl (C=O) groups is 1. The van der Waals surface area contributed by atoms with Crippen molar-refractivity contribution in [1.82, 2.24) is 15.5 Å². The van der Waals surface area contributed by atoms with E-state index in [1.165, 1.54) is 35.9 Å². The van der Waals surface area contributed by atoms with E-state index in [-0.39, 0.29) is 11.2 Å². The zero-order chi connectivity index (χ0) is 13.0. The molecule has 0 aliphatic heterocycles. The van der Waals surface area contributed by atoms with Crippen molar-refractivity contribution in [3.8, 4) is 0 Å². The van der Waals surface area contributed by atoms with Crippen LogP contribution in [0.3, 0.4) is 0 Å². The number of anilines is 1. The maximum atomic E-state index is 12.0. The fourth-order valence-corrected chi connectivity index (χ4v) is 3.81. The van der Waals surface area contributed by atoms with Crippen LogP contribution in [0.5, 0.6) is 0 Å². The summed E-state index contributed by atoms with van der Waals surface area (Å²) >= 11 is 2.94. The predicted molar refractivity (Wildman–Crippen MR) is 75.2 cm³/mol. The van der Waals surface area contributed by atoms with Crippen molar-refractivity contribution in [2.45, 2.75) is 48.2 Å². The molecule has 2 N–H and O–H groups in total. The third kappa shape index (κ3) is 3.58. The van der Waals surface area contributed by atoms with Crippen molar-refractivity contribution >= 4 is 34.1 Å². The summed E-state index contributed by atoms with van der Waals surface area (Å²) in [6.07, 6.45) is 4.69. The van der Waals surface area contributed by atoms with Gasteiger partial charge in [-0.15, -0.1) is 10.2 Å². The van der Waals surface area contributed by atoms with Gasteiger partial charge in [0.1, 0.15) is 0 Å². The molecule has 1 atom stereocenters. The topological polar surface area (TPSA) is 66.9 Å². The summed E-state index contributed by atoms with van der Waals surface area (Å²) in [4.78, 5) is 12.0. The lowest BCUT2D eigenvalue weighted by atomic mass is 10.2. The minimum absolute atomic E-state index is 0.105. The monoisotopic (exact) mass is 286 g/mol. The molecule has 0 unspecified atom stereocenters. The van der Waals surface area contributed by atoms with Crippen LogP contribution in [0.15, 0.2) is 4.34 Å². The molecule has 18 heavy (non-hydrogen) atoms. The molecule has 100 valence electrons. The van der Waals surface area contributed by atoms with Crippen molar-refractivity contribution in [2.75, 3.05) is 12.4 Å². The molecule has 1 aromatic rings. The summed E-state index contributed by atoms with van der Waals surface area (Å²) in [6, 6.07) is 0.378. The number of amides is 1. The minimum atomic E-state index is -0.122. The molecule has 1 fully saturated rings. The molecule has 0 spiro atoms. The SMILES string of the molecule is CNc1nnc(S[C@H](C)C(=O)NC2CCCC2)s1. The second-order valence-corrected chi connectivity index (χ2v) is 6.94. The van der Waals surface area contributed by atoms with E-state index < -0.39 is 0 Å². The summed E-state index contributed by atoms with van der Waals surface area (Å²) in [6.45, 7) is 1.91. The lowest BCUT2D eigenvalue weighted by molar-refractivity contribution is -0.120. The molecule has 1 aliphatic rings. The quantitative estimate of drug-likeness (QED) is 0.812. The highest BCUT2D eigenvalue weighted by atomic mass is 32.2. The first-order chi connectivity index (χ1) is 8.69. The first-order valence-electron chi connectivity index (χ1n) is 6.17. The van der Waals surface area contributed by atoms with E-state index in [4.69, 9.17) is 0 Å². The van der Waals surface area contributed by atoms with Gasteiger partial charge in [-0.05, 0) is 19.8 Å². The predicted octanol–water partition coefficient (Wildman–Crippen LogP) is 2.12. The molecule has 0 radical (unpaired) electrons. The van der Waals surface area contributed by atoms with Crippen LogP contribution in [0.2, 0.25) is 0 Å². The third-order valence-corrected chi connectivity index (χ3v) is 5.09. The molecule has 5 nitrogen and oxygen atoms in total. The Bertz CT molecular complexity index is 404. The Kier molecular flexibility index (Phi) is 4.82. The van der Waals surface area contributed by atoms with Gasteiger partial charge in [0.05, 0.1) is 5.25 Å². The smallest absolute Gasteiger partial charge is 0.233 e. The molecular formula is C11H18N4OS2. The van der Waals surface area contributed by atoms with E-state index in [0.29, 0.717) is 6.04 Å². The van der Waals surface area contributed by atoms with E-state index >= 15 is 0 Å². The van der Waals surface area contributed by atoms with E-state index in [9.17, 15) is 4.79 Å². The number of hydrogen-bond acceptors (Lipinski definition) is 6. The van der Waals surface area contributed by atoms with Crippen molar-refractivity contribution in [3.63, 3.8) is 0 Å². The van der Waals surface area contributed by atoms with Crippen LogP contribution < -0.4 is 10.6 Å². The zero-order valence-corrected chi connectivity index (χ0v) is 12.2. The molecule has 1 amide bonds. The summed E-state index contributed by atoms with van der Waals surface area (Å²) in [5.74, 6) is 0.105. The van der Waals surface area contributed by atoms with Crippen molar-refractivity contribution in [1.29, 1.82) is 0 Å². The lowest BCUT2D eigenvalue weighted by Gasteiger charge is -2.15. The van der Waals surface area contributed by atoms with Crippen molar-refractivity contribution in [3.05, 3.63) is 0 Å². The highest BCUT2D eigenvalue weighted by Gasteiger charge is 2.22. The first-order valence-corrected chi connectivity index (χ1v) is 7.87. The molecule has 0 saturated heterocycles. The van der Waals surface area contributed by atoms with Gasteiger partial charge in [0, 0.05) is 13.1 Å². The third-order valence-electron chi connectivity index (χ3n) is 2.97. The molecule has 1 aromatic heterocycles. The number of aromatic nitrogens is 2. The molecule has 0 bridgehead atoms. The maximum absolute atomic E-state index is 12.0. The molecule has 7 heteroatoms. The maximum Gasteiger partial charge on any atom is 0.233 e. The van der Waals surface area contributed by atoms with Gasteiger partial charge in [0.2, 0.25) is 11.0 Å². The Morgan fingerprint density at radius 2 is 2.17 bits per heavy atom. The molecule has 0 aromatic carbocycles. The Labute approximate surface area is 115 Å². The van der Waals surface area contributed by atoms with Crippen molar-refractivity contribution in [2.24, 2.45) is 0 Å². The van der Waals surface area contributed by atoms with Gasteiger partial charge in [-0.2, -0.15) is 0 Å². The van der Waals surface area contributed by atoms with Crippen LogP contribution >= 0.6 is 23.1 Å². The minimum Gasteiger partial charge on any atom is -0.363 e. The second kappa shape index (κ2) is 6.38. The summed E-state index contributed by atoms with van der Waals surface area (Å²) in [5, 5.41) is 14.7. The van der Waals surface area contributed by atoms with E-state index in [0.717, 1.165) is 22.3 Å². The first kappa shape index (κ1) is 13.6. The molecule has 1 saturated carbocycles. The lowest BCUT2D eigenvalue weighted by Crippen LogP contribution is -2.37. The fraction of sp³-hybridized carbons (Fsp3) is 0.727. The van der Waals surface area contributed by atoms with Crippen LogP contribution in [-0.4, -0.2) is 34.4 Å². The van der Waals surface area contributed by atoms with Gasteiger partial charge in [-0.1, -0.05) is 35.9 Å². The number of carbonyl (C=O) groups excluding carboxylic acids is 1. The van der Waals surface area contributed by atoms with Crippen LogP contribution in [0.1, 0.15) is 32.6 Å². The summed E-state index contributed by atoms with van der Waals surface area (Å²) < 4.78 is 0.827. The van der Waals surface area contributed by atoms with E-state index in [1.54, 1.807) is 0 Å². The standard InChI is InChI=1S/C11H18N4OS2/c1-7(9(16)13-8-5-3-4-6-8)17-11-15-14-10(12-2)18-11/h7-8H,3-6H2,1-2H3,(H,12,14)(H,13,16)/t7-/m1/s1. The van der Waals surface area contributed by atoms with Gasteiger partial charge in [-0.25, -0.2) is 0 Å². The van der Waals surface area contributed by atoms with Crippen molar-refractivity contribution < 1.29 is 4.79 Å². The Morgan fingerprint density at radius 1 is 1.44 bits per heavy atom. The number of rotatable bonds is 5. The average molecular weight is 286 g/mol. The highest BCUT2D eigenvalue weighted by Crippen LogP contribution is 2.29. The summed E-state index contributed by atoms with van der Waals surface area (Å²) in [5.41, 5.74) is 0. The van der Waals surface area contributed by atoms with Crippen LogP contribution in [-0.2, 0) is 4.79 Å². The van der Waals surface area contributed by atoms with Gasteiger partial charge in [-0.3, -0.25) is 4.79 Å². The normalized spacial score (nSPS) is 17.7. The number of thioether (sulfide) groups is 1. The van der Waals surface area contributed by atoms with Gasteiger partial charge in [0.25, 0.3) is 0 Å². The average Bonchev–Trinajstić information content (AvgIpc) is 3.00. The van der Waals surface area contributed by atoms with E-state index in [1.807, 2.05) is 14.0 Å². The van der Waals surface area contributed by atoms with Gasteiger partial charge in [0.15, 0.2) is 4.34 Å². The van der Waals surface area contributed by atoms with E-state index in [2.05, 4.69) is 20.8 Å². The zero-order valence-electron chi connectivity index (χ0n) is 10.6. The molecular weight excluding hydrogens is 268 g/mol. The highest BCUT2D eigenvalue weighted by molar-refractivity contribution is 8.02. The van der Waals surface area contributed by atoms with Crippen LogP contribution in [0, 0.1) is 0 Å². The number of nitrogens with zero attached hydrogens (tertiary/aromatic N) is 2.